The molecule has 1 aliphatic rings. The lowest BCUT2D eigenvalue weighted by Gasteiger charge is -2.29. The molecule has 1 fully saturated rings. The minimum absolute atomic E-state index is 0.107. The van der Waals surface area contributed by atoms with Crippen LogP contribution in [0.2, 0.25) is 0 Å². The number of amides is 1. The number of nitrogens with one attached hydrogen (secondary N) is 1. The lowest BCUT2D eigenvalue weighted by molar-refractivity contribution is -0.130. The number of carbonyl (C=O) groups is 1. The van der Waals surface area contributed by atoms with Crippen LogP contribution < -0.4 is 5.32 Å². The molecule has 0 aliphatic carbocycles. The van der Waals surface area contributed by atoms with Crippen LogP contribution in [0.15, 0.2) is 23.4 Å². The normalized spacial score (nSPS) is 17.8. The van der Waals surface area contributed by atoms with Crippen molar-refractivity contribution in [3.05, 3.63) is 18.3 Å². The van der Waals surface area contributed by atoms with Crippen molar-refractivity contribution in [2.75, 3.05) is 26.2 Å². The molecule has 6 heteroatoms. The molecule has 0 spiro atoms. The molecule has 17 heavy (non-hydrogen) atoms. The average Bonchev–Trinajstić information content (AvgIpc) is 2.40. The molecule has 92 valence electrons. The zero-order valence-electron chi connectivity index (χ0n) is 9.80. The third-order valence-corrected chi connectivity index (χ3v) is 3.64. The van der Waals surface area contributed by atoms with Crippen molar-refractivity contribution in [1.82, 2.24) is 20.4 Å². The van der Waals surface area contributed by atoms with E-state index in [2.05, 4.69) is 15.5 Å². The number of nitrogens with zero attached hydrogens (tertiary/aromatic N) is 3. The maximum atomic E-state index is 12.1. The van der Waals surface area contributed by atoms with E-state index < -0.39 is 0 Å². The van der Waals surface area contributed by atoms with Crippen LogP contribution in [0.3, 0.4) is 0 Å². The fourth-order valence-electron chi connectivity index (χ4n) is 1.72. The van der Waals surface area contributed by atoms with Crippen LogP contribution in [0.1, 0.15) is 6.92 Å². The first kappa shape index (κ1) is 12.3. The standard InChI is InChI=1S/C11H16N4OS/c1-9(17-10-3-2-4-13-14-10)11(16)15-7-5-12-6-8-15/h2-4,9,12H,5-8H2,1H3. The predicted molar refractivity (Wildman–Crippen MR) is 66.8 cm³/mol. The molecule has 1 atom stereocenters. The van der Waals surface area contributed by atoms with Crippen LogP contribution in [0.25, 0.3) is 0 Å². The molecule has 1 saturated heterocycles. The first-order chi connectivity index (χ1) is 8.27. The second-order valence-corrected chi connectivity index (χ2v) is 5.26. The van der Waals surface area contributed by atoms with Crippen LogP contribution in [0.5, 0.6) is 0 Å². The highest BCUT2D eigenvalue weighted by molar-refractivity contribution is 8.00. The van der Waals surface area contributed by atoms with Crippen molar-refractivity contribution in [3.63, 3.8) is 0 Å². The molecule has 0 aromatic carbocycles. The molecule has 1 aromatic heterocycles. The number of carbonyl (C=O) groups excluding carboxylic acids is 1. The van der Waals surface area contributed by atoms with Gasteiger partial charge in [0.2, 0.25) is 5.91 Å². The van der Waals surface area contributed by atoms with Gasteiger partial charge in [0.1, 0.15) is 5.03 Å². The second kappa shape index (κ2) is 5.97. The average molecular weight is 252 g/mol. The molecule has 0 saturated carbocycles. The van der Waals surface area contributed by atoms with E-state index in [1.54, 1.807) is 6.20 Å². The monoisotopic (exact) mass is 252 g/mol. The summed E-state index contributed by atoms with van der Waals surface area (Å²) in [6.45, 7) is 5.28. The topological polar surface area (TPSA) is 58.1 Å². The summed E-state index contributed by atoms with van der Waals surface area (Å²) in [5.74, 6) is 0.183. The molecular formula is C11H16N4OS. The van der Waals surface area contributed by atoms with Gasteiger partial charge in [-0.05, 0) is 19.1 Å². The highest BCUT2D eigenvalue weighted by atomic mass is 32.2. The molecule has 1 amide bonds. The lowest BCUT2D eigenvalue weighted by Crippen LogP contribution is -2.48. The molecule has 0 bridgehead atoms. The van der Waals surface area contributed by atoms with Gasteiger partial charge >= 0.3 is 0 Å². The predicted octanol–water partition coefficient (Wildman–Crippen LogP) is 0.389. The third kappa shape index (κ3) is 3.41. The largest absolute Gasteiger partial charge is 0.339 e. The molecule has 1 aromatic rings. The highest BCUT2D eigenvalue weighted by Crippen LogP contribution is 2.21. The molecule has 1 unspecified atom stereocenters. The Bertz CT molecular complexity index is 367. The van der Waals surface area contributed by atoms with Gasteiger partial charge in [-0.2, -0.15) is 5.10 Å². The van der Waals surface area contributed by atoms with Crippen LogP contribution in [0.4, 0.5) is 0 Å². The summed E-state index contributed by atoms with van der Waals surface area (Å²) in [5, 5.41) is 11.7. The van der Waals surface area contributed by atoms with Crippen molar-refractivity contribution in [1.29, 1.82) is 0 Å². The minimum atomic E-state index is -0.107. The number of rotatable bonds is 3. The summed E-state index contributed by atoms with van der Waals surface area (Å²) >= 11 is 1.46. The number of hydrogen-bond donors (Lipinski definition) is 1. The van der Waals surface area contributed by atoms with Crippen LogP contribution in [0, 0.1) is 0 Å². The summed E-state index contributed by atoms with van der Waals surface area (Å²) in [6, 6.07) is 3.70. The maximum absolute atomic E-state index is 12.1. The third-order valence-electron chi connectivity index (χ3n) is 2.62. The van der Waals surface area contributed by atoms with Gasteiger partial charge in [-0.15, -0.1) is 5.10 Å². The van der Waals surface area contributed by atoms with Crippen molar-refractivity contribution in [2.45, 2.75) is 17.2 Å². The SMILES string of the molecule is CC(Sc1cccnn1)C(=O)N1CCNCC1. The Morgan fingerprint density at radius 1 is 1.53 bits per heavy atom. The Hall–Kier alpha value is -1.14. The van der Waals surface area contributed by atoms with Crippen molar-refractivity contribution < 1.29 is 4.79 Å². The molecule has 2 heterocycles. The van der Waals surface area contributed by atoms with Crippen LogP contribution in [-0.2, 0) is 4.79 Å². The Labute approximate surface area is 105 Å². The minimum Gasteiger partial charge on any atom is -0.339 e. The highest BCUT2D eigenvalue weighted by Gasteiger charge is 2.22. The molecule has 1 aliphatic heterocycles. The van der Waals surface area contributed by atoms with Gasteiger partial charge in [0, 0.05) is 32.4 Å². The second-order valence-electron chi connectivity index (χ2n) is 3.90. The molecule has 2 rings (SSSR count). The van der Waals surface area contributed by atoms with Gasteiger partial charge in [0.25, 0.3) is 0 Å². The Kier molecular flexibility index (Phi) is 4.33. The van der Waals surface area contributed by atoms with Crippen molar-refractivity contribution in [3.8, 4) is 0 Å². The quantitative estimate of drug-likeness (QED) is 0.789. The zero-order valence-corrected chi connectivity index (χ0v) is 10.6. The summed E-state index contributed by atoms with van der Waals surface area (Å²) in [6.07, 6.45) is 1.63. The van der Waals surface area contributed by atoms with Gasteiger partial charge in [-0.3, -0.25) is 4.79 Å². The Balaban J connectivity index is 1.90. The van der Waals surface area contributed by atoms with E-state index in [9.17, 15) is 4.79 Å². The van der Waals surface area contributed by atoms with E-state index in [-0.39, 0.29) is 11.2 Å². The van der Waals surface area contributed by atoms with Gasteiger partial charge < -0.3 is 10.2 Å². The number of thioether (sulfide) groups is 1. The van der Waals surface area contributed by atoms with E-state index in [1.807, 2.05) is 24.0 Å². The van der Waals surface area contributed by atoms with E-state index >= 15 is 0 Å². The van der Waals surface area contributed by atoms with Gasteiger partial charge in [-0.1, -0.05) is 11.8 Å². The number of aromatic nitrogens is 2. The fraction of sp³-hybridized carbons (Fsp3) is 0.545. The van der Waals surface area contributed by atoms with Crippen molar-refractivity contribution in [2.24, 2.45) is 0 Å². The van der Waals surface area contributed by atoms with Crippen molar-refractivity contribution >= 4 is 17.7 Å². The van der Waals surface area contributed by atoms with E-state index in [0.29, 0.717) is 0 Å². The molecule has 5 nitrogen and oxygen atoms in total. The van der Waals surface area contributed by atoms with E-state index in [4.69, 9.17) is 0 Å². The summed E-state index contributed by atoms with van der Waals surface area (Å²) in [7, 11) is 0. The van der Waals surface area contributed by atoms with E-state index in [0.717, 1.165) is 31.2 Å². The molecular weight excluding hydrogens is 236 g/mol. The van der Waals surface area contributed by atoms with Crippen LogP contribution >= 0.6 is 11.8 Å². The summed E-state index contributed by atoms with van der Waals surface area (Å²) in [5.41, 5.74) is 0. The van der Waals surface area contributed by atoms with Gasteiger partial charge in [-0.25, -0.2) is 0 Å². The molecule has 0 radical (unpaired) electrons. The van der Waals surface area contributed by atoms with Gasteiger partial charge in [0.05, 0.1) is 5.25 Å². The Morgan fingerprint density at radius 3 is 2.94 bits per heavy atom. The number of hydrogen-bond acceptors (Lipinski definition) is 5. The smallest absolute Gasteiger partial charge is 0.235 e. The summed E-state index contributed by atoms with van der Waals surface area (Å²) in [4.78, 5) is 14.0. The lowest BCUT2D eigenvalue weighted by atomic mass is 10.3. The maximum Gasteiger partial charge on any atom is 0.235 e. The van der Waals surface area contributed by atoms with Gasteiger partial charge in [0.15, 0.2) is 0 Å². The zero-order chi connectivity index (χ0) is 12.1. The van der Waals surface area contributed by atoms with E-state index in [1.165, 1.54) is 11.8 Å². The first-order valence-corrected chi connectivity index (χ1v) is 6.59. The molecule has 1 N–H and O–H groups in total. The summed E-state index contributed by atoms with van der Waals surface area (Å²) < 4.78 is 0. The first-order valence-electron chi connectivity index (χ1n) is 5.71. The fourth-order valence-corrected chi connectivity index (χ4v) is 2.59. The Morgan fingerprint density at radius 2 is 2.29 bits per heavy atom. The number of piperazine rings is 1. The van der Waals surface area contributed by atoms with Crippen LogP contribution in [-0.4, -0.2) is 52.4 Å².